The molecule has 0 saturated carbocycles. The Morgan fingerprint density at radius 1 is 1.19 bits per heavy atom. The van der Waals surface area contributed by atoms with Gasteiger partial charge in [-0.15, -0.1) is 24.8 Å². The van der Waals surface area contributed by atoms with Crippen LogP contribution in [0.2, 0.25) is 5.02 Å². The average molecular weight is 437 g/mol. The standard InChI is InChI=1S/C20H30ClN3O.2ClH/c1-15-3-4-18(21)14-19(15)23-9-11-24(12-10-23)20(25)13-16(2)17-5-7-22-8-6-17;;/h3-4,14,16-17,22H,5-13H2,1-2H3;2*1H. The van der Waals surface area contributed by atoms with Crippen molar-refractivity contribution in [2.45, 2.75) is 33.1 Å². The van der Waals surface area contributed by atoms with Crippen LogP contribution in [0.1, 0.15) is 31.7 Å². The second-order valence-corrected chi connectivity index (χ2v) is 8.00. The van der Waals surface area contributed by atoms with E-state index in [0.29, 0.717) is 24.2 Å². The van der Waals surface area contributed by atoms with Crippen LogP contribution in [-0.2, 0) is 4.79 Å². The number of carbonyl (C=O) groups excluding carboxylic acids is 1. The number of piperidine rings is 1. The maximum Gasteiger partial charge on any atom is 0.222 e. The third-order valence-electron chi connectivity index (χ3n) is 5.83. The number of aryl methyl sites for hydroxylation is 1. The number of carbonyl (C=O) groups is 1. The first-order valence-electron chi connectivity index (χ1n) is 9.54. The summed E-state index contributed by atoms with van der Waals surface area (Å²) in [5.41, 5.74) is 2.44. The zero-order valence-electron chi connectivity index (χ0n) is 16.2. The maximum atomic E-state index is 12.7. The predicted octanol–water partition coefficient (Wildman–Crippen LogP) is 4.17. The highest BCUT2D eigenvalue weighted by Gasteiger charge is 2.26. The fourth-order valence-corrected chi connectivity index (χ4v) is 4.27. The lowest BCUT2D eigenvalue weighted by atomic mass is 9.84. The summed E-state index contributed by atoms with van der Waals surface area (Å²) in [4.78, 5) is 17.1. The first-order valence-corrected chi connectivity index (χ1v) is 9.92. The molecule has 0 aliphatic carbocycles. The average Bonchev–Trinajstić information content (AvgIpc) is 2.64. The first kappa shape index (κ1) is 24.4. The lowest BCUT2D eigenvalue weighted by molar-refractivity contribution is -0.132. The SMILES string of the molecule is Cc1ccc(Cl)cc1N1CCN(C(=O)CC(C)C2CCNCC2)CC1.Cl.Cl. The molecule has 2 aliphatic rings. The van der Waals surface area contributed by atoms with E-state index in [4.69, 9.17) is 11.6 Å². The molecule has 154 valence electrons. The van der Waals surface area contributed by atoms with Gasteiger partial charge < -0.3 is 15.1 Å². The summed E-state index contributed by atoms with van der Waals surface area (Å²) in [5.74, 6) is 1.51. The fourth-order valence-electron chi connectivity index (χ4n) is 4.10. The number of piperazine rings is 1. The zero-order valence-corrected chi connectivity index (χ0v) is 18.6. The largest absolute Gasteiger partial charge is 0.368 e. The van der Waals surface area contributed by atoms with Crippen molar-refractivity contribution in [1.82, 2.24) is 10.2 Å². The van der Waals surface area contributed by atoms with E-state index in [1.165, 1.54) is 24.1 Å². The molecule has 1 amide bonds. The molecule has 4 nitrogen and oxygen atoms in total. The van der Waals surface area contributed by atoms with Gasteiger partial charge in [0.1, 0.15) is 0 Å². The maximum absolute atomic E-state index is 12.7. The van der Waals surface area contributed by atoms with Crippen LogP contribution in [0.15, 0.2) is 18.2 Å². The number of nitrogens with zero attached hydrogens (tertiary/aromatic N) is 2. The van der Waals surface area contributed by atoms with Crippen LogP contribution in [0.4, 0.5) is 5.69 Å². The Kier molecular flexibility index (Phi) is 10.2. The third-order valence-corrected chi connectivity index (χ3v) is 6.06. The highest BCUT2D eigenvalue weighted by molar-refractivity contribution is 6.30. The van der Waals surface area contributed by atoms with Crippen LogP contribution in [0.25, 0.3) is 0 Å². The van der Waals surface area contributed by atoms with Crippen molar-refractivity contribution < 1.29 is 4.79 Å². The molecule has 1 aromatic carbocycles. The number of nitrogens with one attached hydrogen (secondary N) is 1. The van der Waals surface area contributed by atoms with E-state index < -0.39 is 0 Å². The molecule has 2 aliphatic heterocycles. The monoisotopic (exact) mass is 435 g/mol. The van der Waals surface area contributed by atoms with E-state index in [0.717, 1.165) is 44.3 Å². The number of hydrogen-bond acceptors (Lipinski definition) is 3. The Morgan fingerprint density at radius 2 is 1.81 bits per heavy atom. The van der Waals surface area contributed by atoms with Gasteiger partial charge >= 0.3 is 0 Å². The third kappa shape index (κ3) is 6.42. The summed E-state index contributed by atoms with van der Waals surface area (Å²) in [7, 11) is 0. The number of rotatable bonds is 4. The number of anilines is 1. The van der Waals surface area contributed by atoms with Crippen molar-refractivity contribution in [1.29, 1.82) is 0 Å². The van der Waals surface area contributed by atoms with E-state index in [1.54, 1.807) is 0 Å². The van der Waals surface area contributed by atoms with E-state index in [9.17, 15) is 4.79 Å². The summed E-state index contributed by atoms with van der Waals surface area (Å²) < 4.78 is 0. The van der Waals surface area contributed by atoms with Crippen LogP contribution in [-0.4, -0.2) is 50.1 Å². The molecule has 7 heteroatoms. The van der Waals surface area contributed by atoms with Gasteiger partial charge in [-0.05, 0) is 62.4 Å². The molecule has 2 saturated heterocycles. The van der Waals surface area contributed by atoms with Gasteiger partial charge in [-0.1, -0.05) is 24.6 Å². The summed E-state index contributed by atoms with van der Waals surface area (Å²) >= 11 is 6.15. The molecule has 0 spiro atoms. The van der Waals surface area contributed by atoms with Crippen LogP contribution in [0.5, 0.6) is 0 Å². The van der Waals surface area contributed by atoms with Crippen LogP contribution in [0.3, 0.4) is 0 Å². The topological polar surface area (TPSA) is 35.6 Å². The van der Waals surface area contributed by atoms with E-state index in [1.807, 2.05) is 17.0 Å². The Bertz CT molecular complexity index is 600. The van der Waals surface area contributed by atoms with E-state index in [2.05, 4.69) is 30.1 Å². The van der Waals surface area contributed by atoms with Gasteiger partial charge in [-0.3, -0.25) is 4.79 Å². The Labute approximate surface area is 180 Å². The summed E-state index contributed by atoms with van der Waals surface area (Å²) in [6.07, 6.45) is 3.10. The van der Waals surface area contributed by atoms with Crippen LogP contribution >= 0.6 is 36.4 Å². The van der Waals surface area contributed by atoms with Crippen LogP contribution in [0, 0.1) is 18.8 Å². The van der Waals surface area contributed by atoms with Crippen LogP contribution < -0.4 is 10.2 Å². The fraction of sp³-hybridized carbons (Fsp3) is 0.650. The number of amides is 1. The summed E-state index contributed by atoms with van der Waals surface area (Å²) in [6, 6.07) is 6.03. The van der Waals surface area contributed by atoms with Gasteiger partial charge in [0.05, 0.1) is 0 Å². The molecule has 0 bridgehead atoms. The van der Waals surface area contributed by atoms with Gasteiger partial charge in [0, 0.05) is 43.3 Å². The predicted molar refractivity (Wildman–Crippen MR) is 119 cm³/mol. The Hall–Kier alpha value is -0.680. The van der Waals surface area contributed by atoms with Gasteiger partial charge in [0.15, 0.2) is 0 Å². The zero-order chi connectivity index (χ0) is 17.8. The van der Waals surface area contributed by atoms with Crippen molar-refractivity contribution in [2.75, 3.05) is 44.2 Å². The van der Waals surface area contributed by atoms with E-state index in [-0.39, 0.29) is 24.8 Å². The second-order valence-electron chi connectivity index (χ2n) is 7.57. The minimum Gasteiger partial charge on any atom is -0.368 e. The first-order chi connectivity index (χ1) is 12.0. The van der Waals surface area contributed by atoms with Crippen molar-refractivity contribution >= 4 is 48.0 Å². The van der Waals surface area contributed by atoms with Crippen molar-refractivity contribution in [2.24, 2.45) is 11.8 Å². The van der Waals surface area contributed by atoms with Crippen molar-refractivity contribution in [3.05, 3.63) is 28.8 Å². The van der Waals surface area contributed by atoms with Gasteiger partial charge in [0.25, 0.3) is 0 Å². The molecule has 0 radical (unpaired) electrons. The van der Waals surface area contributed by atoms with Gasteiger partial charge in [0.2, 0.25) is 5.91 Å². The molecule has 1 atom stereocenters. The quantitative estimate of drug-likeness (QED) is 0.769. The minimum atomic E-state index is 0. The Morgan fingerprint density at radius 3 is 2.44 bits per heavy atom. The second kappa shape index (κ2) is 11.4. The highest BCUT2D eigenvalue weighted by atomic mass is 35.5. The molecule has 1 unspecified atom stereocenters. The summed E-state index contributed by atoms with van der Waals surface area (Å²) in [5, 5.41) is 4.18. The summed E-state index contributed by atoms with van der Waals surface area (Å²) in [6.45, 7) is 9.95. The molecular formula is C20H32Cl3N3O. The van der Waals surface area contributed by atoms with E-state index >= 15 is 0 Å². The minimum absolute atomic E-state index is 0. The van der Waals surface area contributed by atoms with Gasteiger partial charge in [-0.2, -0.15) is 0 Å². The molecule has 2 heterocycles. The molecule has 27 heavy (non-hydrogen) atoms. The normalized spacial score (nSPS) is 19.1. The Balaban J connectivity index is 0.00000182. The molecular weight excluding hydrogens is 405 g/mol. The highest BCUT2D eigenvalue weighted by Crippen LogP contribution is 2.27. The smallest absolute Gasteiger partial charge is 0.222 e. The molecule has 1 aromatic rings. The molecule has 3 rings (SSSR count). The molecule has 0 aromatic heterocycles. The lowest BCUT2D eigenvalue weighted by Crippen LogP contribution is -2.49. The van der Waals surface area contributed by atoms with Gasteiger partial charge in [-0.25, -0.2) is 0 Å². The molecule has 2 fully saturated rings. The van der Waals surface area contributed by atoms with Crippen molar-refractivity contribution in [3.8, 4) is 0 Å². The number of halogens is 3. The van der Waals surface area contributed by atoms with Crippen molar-refractivity contribution in [3.63, 3.8) is 0 Å². The number of hydrogen-bond donors (Lipinski definition) is 1. The molecule has 1 N–H and O–H groups in total. The lowest BCUT2D eigenvalue weighted by Gasteiger charge is -2.38. The number of benzene rings is 1.